The minimum atomic E-state index is -0.321. The molecule has 2 heterocycles. The van der Waals surface area contributed by atoms with Crippen LogP contribution in [0.5, 0.6) is 11.5 Å². The van der Waals surface area contributed by atoms with Crippen molar-refractivity contribution in [1.82, 2.24) is 5.32 Å². The number of hydrogen-bond acceptors (Lipinski definition) is 4. The molecule has 2 aromatic rings. The number of hydrogen-bond donors (Lipinski definition) is 2. The summed E-state index contributed by atoms with van der Waals surface area (Å²) in [5.74, 6) is 1.79. The maximum atomic E-state index is 12.2. The van der Waals surface area contributed by atoms with Crippen molar-refractivity contribution in [2.24, 2.45) is 0 Å². The highest BCUT2D eigenvalue weighted by Crippen LogP contribution is 2.40. The normalized spacial score (nSPS) is 13.9. The Bertz CT molecular complexity index is 854. The second kappa shape index (κ2) is 6.36. The number of nitriles is 1. The summed E-state index contributed by atoms with van der Waals surface area (Å²) in [5, 5.41) is 14.5. The van der Waals surface area contributed by atoms with E-state index in [-0.39, 0.29) is 6.03 Å². The average molecular weight is 335 g/mol. The van der Waals surface area contributed by atoms with Crippen LogP contribution < -0.4 is 20.1 Å². The fourth-order valence-corrected chi connectivity index (χ4v) is 3.28. The van der Waals surface area contributed by atoms with Crippen LogP contribution in [0.2, 0.25) is 0 Å². The van der Waals surface area contributed by atoms with Crippen LogP contribution in [0.3, 0.4) is 0 Å². The largest absolute Gasteiger partial charge is 0.493 e. The number of rotatable bonds is 3. The van der Waals surface area contributed by atoms with Crippen molar-refractivity contribution >= 4 is 11.7 Å². The third kappa shape index (κ3) is 2.96. The highest BCUT2D eigenvalue weighted by Gasteiger charge is 2.26. The molecule has 2 aromatic carbocycles. The molecule has 0 saturated carbocycles. The lowest BCUT2D eigenvalue weighted by molar-refractivity contribution is 0.251. The lowest BCUT2D eigenvalue weighted by Crippen LogP contribution is -2.28. The first-order valence-corrected chi connectivity index (χ1v) is 8.23. The lowest BCUT2D eigenvalue weighted by atomic mass is 9.99. The Labute approximate surface area is 145 Å². The van der Waals surface area contributed by atoms with Crippen molar-refractivity contribution in [2.45, 2.75) is 19.4 Å². The zero-order chi connectivity index (χ0) is 17.2. The molecule has 4 rings (SSSR count). The Hall–Kier alpha value is -3.20. The first-order chi connectivity index (χ1) is 12.2. The van der Waals surface area contributed by atoms with Gasteiger partial charge in [0, 0.05) is 41.8 Å². The fourth-order valence-electron chi connectivity index (χ4n) is 3.28. The van der Waals surface area contributed by atoms with Crippen LogP contribution in [0, 0.1) is 11.3 Å². The summed E-state index contributed by atoms with van der Waals surface area (Å²) in [4.78, 5) is 12.2. The highest BCUT2D eigenvalue weighted by molar-refractivity contribution is 5.89. The van der Waals surface area contributed by atoms with E-state index in [9.17, 15) is 4.79 Å². The molecular formula is C19H17N3O3. The van der Waals surface area contributed by atoms with Gasteiger partial charge in [-0.3, -0.25) is 0 Å². The molecule has 6 nitrogen and oxygen atoms in total. The van der Waals surface area contributed by atoms with E-state index < -0.39 is 0 Å². The molecule has 126 valence electrons. The summed E-state index contributed by atoms with van der Waals surface area (Å²) < 4.78 is 11.5. The summed E-state index contributed by atoms with van der Waals surface area (Å²) >= 11 is 0. The molecule has 0 saturated heterocycles. The molecular weight excluding hydrogens is 318 g/mol. The fraction of sp³-hybridized carbons (Fsp3) is 0.263. The van der Waals surface area contributed by atoms with Gasteiger partial charge >= 0.3 is 6.03 Å². The van der Waals surface area contributed by atoms with Crippen LogP contribution in [0.25, 0.3) is 0 Å². The first kappa shape index (κ1) is 15.3. The summed E-state index contributed by atoms with van der Waals surface area (Å²) in [6.07, 6.45) is 1.70. The van der Waals surface area contributed by atoms with E-state index >= 15 is 0 Å². The van der Waals surface area contributed by atoms with Gasteiger partial charge in [0.15, 0.2) is 0 Å². The quantitative estimate of drug-likeness (QED) is 0.903. The van der Waals surface area contributed by atoms with E-state index in [2.05, 4.69) is 22.8 Å². The monoisotopic (exact) mass is 335 g/mol. The van der Waals surface area contributed by atoms with E-state index in [1.54, 1.807) is 24.3 Å². The van der Waals surface area contributed by atoms with Crippen molar-refractivity contribution in [3.8, 4) is 17.6 Å². The minimum absolute atomic E-state index is 0.321. The topological polar surface area (TPSA) is 83.4 Å². The van der Waals surface area contributed by atoms with Gasteiger partial charge in [0.25, 0.3) is 0 Å². The van der Waals surface area contributed by atoms with Gasteiger partial charge < -0.3 is 20.1 Å². The molecule has 6 heteroatoms. The predicted octanol–water partition coefficient (Wildman–Crippen LogP) is 2.75. The van der Waals surface area contributed by atoms with E-state index in [0.717, 1.165) is 41.0 Å². The third-order valence-corrected chi connectivity index (χ3v) is 4.44. The minimum Gasteiger partial charge on any atom is -0.493 e. The van der Waals surface area contributed by atoms with Gasteiger partial charge in [-0.1, -0.05) is 6.07 Å². The number of amides is 2. The maximum Gasteiger partial charge on any atom is 0.319 e. The molecule has 25 heavy (non-hydrogen) atoms. The first-order valence-electron chi connectivity index (χ1n) is 8.23. The molecule has 2 aliphatic rings. The Morgan fingerprint density at radius 2 is 2.08 bits per heavy atom. The van der Waals surface area contributed by atoms with Crippen molar-refractivity contribution in [1.29, 1.82) is 5.26 Å². The number of fused-ring (bicyclic) bond motifs is 2. The molecule has 0 atom stereocenters. The van der Waals surface area contributed by atoms with Crippen LogP contribution in [-0.4, -0.2) is 19.2 Å². The molecule has 0 spiro atoms. The van der Waals surface area contributed by atoms with Gasteiger partial charge in [0.1, 0.15) is 11.5 Å². The SMILES string of the molecule is N#Cc1cccc(NC(=O)NCc2c3c(cc4c2OCC4)OCC3)c1. The summed E-state index contributed by atoms with van der Waals surface area (Å²) in [7, 11) is 0. The molecule has 2 N–H and O–H groups in total. The third-order valence-electron chi connectivity index (χ3n) is 4.44. The van der Waals surface area contributed by atoms with Crippen molar-refractivity contribution < 1.29 is 14.3 Å². The van der Waals surface area contributed by atoms with Gasteiger partial charge in [-0.2, -0.15) is 5.26 Å². The number of carbonyl (C=O) groups excluding carboxylic acids is 1. The summed E-state index contributed by atoms with van der Waals surface area (Å²) in [6, 6.07) is 10.6. The number of carbonyl (C=O) groups is 1. The van der Waals surface area contributed by atoms with Gasteiger partial charge in [-0.25, -0.2) is 4.79 Å². The van der Waals surface area contributed by atoms with Gasteiger partial charge in [0.2, 0.25) is 0 Å². The molecule has 2 amide bonds. The predicted molar refractivity (Wildman–Crippen MR) is 91.9 cm³/mol. The van der Waals surface area contributed by atoms with Crippen molar-refractivity contribution in [3.63, 3.8) is 0 Å². The van der Waals surface area contributed by atoms with Gasteiger partial charge in [-0.15, -0.1) is 0 Å². The van der Waals surface area contributed by atoms with Crippen LogP contribution in [0.1, 0.15) is 22.3 Å². The lowest BCUT2D eigenvalue weighted by Gasteiger charge is -2.14. The van der Waals surface area contributed by atoms with Crippen LogP contribution in [0.15, 0.2) is 30.3 Å². The van der Waals surface area contributed by atoms with Gasteiger partial charge in [0.05, 0.1) is 24.8 Å². The zero-order valence-corrected chi connectivity index (χ0v) is 13.6. The number of ether oxygens (including phenoxy) is 2. The smallest absolute Gasteiger partial charge is 0.319 e. The Morgan fingerprint density at radius 1 is 1.20 bits per heavy atom. The van der Waals surface area contributed by atoms with Crippen LogP contribution in [0.4, 0.5) is 10.5 Å². The second-order valence-corrected chi connectivity index (χ2v) is 6.02. The van der Waals surface area contributed by atoms with Crippen LogP contribution in [-0.2, 0) is 19.4 Å². The van der Waals surface area contributed by atoms with Crippen molar-refractivity contribution in [2.75, 3.05) is 18.5 Å². The van der Waals surface area contributed by atoms with E-state index in [1.165, 1.54) is 0 Å². The molecule has 0 radical (unpaired) electrons. The Morgan fingerprint density at radius 3 is 2.96 bits per heavy atom. The highest BCUT2D eigenvalue weighted by atomic mass is 16.5. The zero-order valence-electron chi connectivity index (χ0n) is 13.6. The molecule has 0 bridgehead atoms. The number of benzene rings is 2. The maximum absolute atomic E-state index is 12.2. The number of anilines is 1. The summed E-state index contributed by atoms with van der Waals surface area (Å²) in [5.41, 5.74) is 4.34. The van der Waals surface area contributed by atoms with Crippen molar-refractivity contribution in [3.05, 3.63) is 52.6 Å². The van der Waals surface area contributed by atoms with Gasteiger partial charge in [-0.05, 0) is 24.3 Å². The van der Waals surface area contributed by atoms with E-state index in [4.69, 9.17) is 14.7 Å². The molecule has 0 fully saturated rings. The van der Waals surface area contributed by atoms with Crippen LogP contribution >= 0.6 is 0 Å². The average Bonchev–Trinajstić information content (AvgIpc) is 3.27. The molecule has 0 aromatic heterocycles. The second-order valence-electron chi connectivity index (χ2n) is 6.02. The molecule has 0 unspecified atom stereocenters. The number of nitrogens with zero attached hydrogens (tertiary/aromatic N) is 1. The molecule has 0 aliphatic carbocycles. The van der Waals surface area contributed by atoms with E-state index in [0.29, 0.717) is 31.0 Å². The Kier molecular flexibility index (Phi) is 3.90. The number of nitrogens with one attached hydrogen (secondary N) is 2. The standard InChI is InChI=1S/C19H17N3O3/c20-10-12-2-1-3-14(8-12)22-19(23)21-11-16-15-5-7-24-17(15)9-13-4-6-25-18(13)16/h1-3,8-9H,4-7,11H2,(H2,21,22,23). The summed E-state index contributed by atoms with van der Waals surface area (Å²) in [6.45, 7) is 1.70. The molecule has 2 aliphatic heterocycles. The number of urea groups is 1. The Balaban J connectivity index is 1.48. The van der Waals surface area contributed by atoms with E-state index in [1.807, 2.05) is 0 Å².